The van der Waals surface area contributed by atoms with Crippen LogP contribution in [0.1, 0.15) is 12.8 Å². The van der Waals surface area contributed by atoms with E-state index in [4.69, 9.17) is 28.9 Å². The summed E-state index contributed by atoms with van der Waals surface area (Å²) in [4.78, 5) is 11.9. The zero-order valence-electron chi connectivity index (χ0n) is 12.9. The molecule has 1 unspecified atom stereocenters. The van der Waals surface area contributed by atoms with Crippen molar-refractivity contribution < 1.29 is 13.6 Å². The van der Waals surface area contributed by atoms with E-state index < -0.39 is 33.7 Å². The topological polar surface area (TPSA) is 73.8 Å². The number of para-hydroxylation sites is 1. The summed E-state index contributed by atoms with van der Waals surface area (Å²) in [5.74, 6) is -2.59. The quantitative estimate of drug-likeness (QED) is 0.798. The van der Waals surface area contributed by atoms with E-state index >= 15 is 0 Å². The summed E-state index contributed by atoms with van der Waals surface area (Å²) in [6, 6.07) is 7.17. The number of alkyl halides is 2. The highest BCUT2D eigenvalue weighted by Gasteiger charge is 2.45. The molecule has 1 aliphatic rings. The van der Waals surface area contributed by atoms with E-state index in [1.807, 2.05) is 6.07 Å². The Morgan fingerprint density at radius 2 is 2.08 bits per heavy atom. The van der Waals surface area contributed by atoms with E-state index in [1.165, 1.54) is 4.68 Å². The second kappa shape index (κ2) is 6.38. The lowest BCUT2D eigenvalue weighted by Gasteiger charge is -2.34. The maximum Gasteiger partial charge on any atom is 0.228 e. The average molecular weight is 387 g/mol. The Morgan fingerprint density at radius 1 is 1.36 bits per heavy atom. The number of hydrogen-bond donors (Lipinski definition) is 1. The summed E-state index contributed by atoms with van der Waals surface area (Å²) in [6.45, 7) is -0.0353. The fourth-order valence-electron chi connectivity index (χ4n) is 2.99. The maximum absolute atomic E-state index is 13.7. The minimum Gasteiger partial charge on any atom is -0.369 e. The fourth-order valence-corrected chi connectivity index (χ4v) is 3.69. The Labute approximate surface area is 152 Å². The van der Waals surface area contributed by atoms with Gasteiger partial charge in [0.05, 0.1) is 17.5 Å². The minimum atomic E-state index is -1.65. The van der Waals surface area contributed by atoms with Crippen molar-refractivity contribution in [3.63, 3.8) is 0 Å². The van der Waals surface area contributed by atoms with Gasteiger partial charge in [-0.25, -0.2) is 13.5 Å². The third-order valence-electron chi connectivity index (χ3n) is 4.06. The highest BCUT2D eigenvalue weighted by atomic mass is 35.5. The number of halogens is 4. The van der Waals surface area contributed by atoms with Crippen molar-refractivity contribution in [3.05, 3.63) is 48.1 Å². The van der Waals surface area contributed by atoms with Crippen LogP contribution in [0.15, 0.2) is 48.1 Å². The number of aromatic nitrogens is 3. The number of primary amides is 1. The Morgan fingerprint density at radius 3 is 2.76 bits per heavy atom. The molecule has 0 fully saturated rings. The number of fused-ring (bicyclic) bond motifs is 1. The molecule has 9 heteroatoms. The molecular weight excluding hydrogens is 373 g/mol. The fraction of sp³-hybridized carbons (Fsp3) is 0.312. The van der Waals surface area contributed by atoms with Gasteiger partial charge < -0.3 is 5.73 Å². The van der Waals surface area contributed by atoms with Gasteiger partial charge >= 0.3 is 0 Å². The molecule has 0 aliphatic heterocycles. The van der Waals surface area contributed by atoms with Gasteiger partial charge in [-0.05, 0) is 18.2 Å². The third-order valence-corrected chi connectivity index (χ3v) is 4.57. The largest absolute Gasteiger partial charge is 0.369 e. The first-order valence-corrected chi connectivity index (χ1v) is 8.17. The van der Waals surface area contributed by atoms with Crippen molar-refractivity contribution >= 4 is 40.1 Å². The molecule has 1 aromatic heterocycles. The molecule has 0 spiro atoms. The van der Waals surface area contributed by atoms with Gasteiger partial charge in [-0.3, -0.25) is 4.79 Å². The van der Waals surface area contributed by atoms with Crippen LogP contribution < -0.4 is 5.73 Å². The number of nitrogens with zero attached hydrogens (tertiary/aromatic N) is 3. The molecule has 1 heterocycles. The number of hydrogen-bond acceptors (Lipinski definition) is 3. The molecule has 0 bridgehead atoms. The number of allylic oxidation sites excluding steroid dienone is 3. The summed E-state index contributed by atoms with van der Waals surface area (Å²) in [5, 5.41) is 7.97. The monoisotopic (exact) mass is 386 g/mol. The first-order chi connectivity index (χ1) is 11.7. The van der Waals surface area contributed by atoms with Gasteiger partial charge in [-0.15, -0.1) is 5.10 Å². The predicted molar refractivity (Wildman–Crippen MR) is 91.2 cm³/mol. The molecule has 1 aliphatic carbocycles. The van der Waals surface area contributed by atoms with Gasteiger partial charge in [0.15, 0.2) is 0 Å². The lowest BCUT2D eigenvalue weighted by molar-refractivity contribution is -0.126. The Kier molecular flexibility index (Phi) is 4.55. The van der Waals surface area contributed by atoms with Crippen molar-refractivity contribution in [3.8, 4) is 0 Å². The summed E-state index contributed by atoms with van der Waals surface area (Å²) in [5.41, 5.74) is 5.09. The molecule has 1 atom stereocenters. The number of benzene rings is 1. The zero-order chi connectivity index (χ0) is 18.2. The first kappa shape index (κ1) is 17.8. The van der Waals surface area contributed by atoms with Crippen LogP contribution in [-0.4, -0.2) is 25.2 Å². The number of carbonyl (C=O) groups excluding carboxylic acids is 1. The van der Waals surface area contributed by atoms with Crippen LogP contribution in [0.25, 0.3) is 11.0 Å². The van der Waals surface area contributed by atoms with E-state index in [9.17, 15) is 13.6 Å². The molecule has 2 N–H and O–H groups in total. The van der Waals surface area contributed by atoms with Crippen molar-refractivity contribution in [2.24, 2.45) is 11.1 Å². The lowest BCUT2D eigenvalue weighted by Crippen LogP contribution is -2.42. The Hall–Kier alpha value is -1.99. The third kappa shape index (κ3) is 3.67. The SMILES string of the molecule is NC(=O)C1(CC(Cl)(Cl)Cn2nnc3ccccc32)C=C(F)C=C(F)C1. The zero-order valence-corrected chi connectivity index (χ0v) is 14.4. The maximum atomic E-state index is 13.7. The van der Waals surface area contributed by atoms with E-state index in [2.05, 4.69) is 10.3 Å². The molecule has 1 aromatic carbocycles. The lowest BCUT2D eigenvalue weighted by atomic mass is 9.76. The van der Waals surface area contributed by atoms with Gasteiger partial charge in [-0.2, -0.15) is 0 Å². The number of rotatable bonds is 5. The van der Waals surface area contributed by atoms with Crippen LogP contribution in [0.3, 0.4) is 0 Å². The first-order valence-electron chi connectivity index (χ1n) is 7.41. The van der Waals surface area contributed by atoms with Gasteiger partial charge in [0.1, 0.15) is 21.5 Å². The highest BCUT2D eigenvalue weighted by Crippen LogP contribution is 2.45. The second-order valence-electron chi connectivity index (χ2n) is 6.09. The van der Waals surface area contributed by atoms with Crippen molar-refractivity contribution in [2.45, 2.75) is 23.7 Å². The van der Waals surface area contributed by atoms with E-state index in [0.29, 0.717) is 17.1 Å². The van der Waals surface area contributed by atoms with Crippen LogP contribution in [0.4, 0.5) is 8.78 Å². The normalized spacial score (nSPS) is 21.1. The molecular formula is C16H14Cl2F2N4O. The molecule has 25 heavy (non-hydrogen) atoms. The average Bonchev–Trinajstić information content (AvgIpc) is 2.88. The van der Waals surface area contributed by atoms with Crippen LogP contribution in [0, 0.1) is 5.41 Å². The second-order valence-corrected chi connectivity index (χ2v) is 7.73. The number of amides is 1. The minimum absolute atomic E-state index is 0.0353. The van der Waals surface area contributed by atoms with Gasteiger partial charge in [0.2, 0.25) is 5.91 Å². The molecule has 0 saturated carbocycles. The van der Waals surface area contributed by atoms with E-state index in [1.54, 1.807) is 18.2 Å². The van der Waals surface area contributed by atoms with Crippen molar-refractivity contribution in [1.29, 1.82) is 0 Å². The summed E-state index contributed by atoms with van der Waals surface area (Å²) < 4.78 is 27.3. The molecule has 0 radical (unpaired) electrons. The predicted octanol–water partition coefficient (Wildman–Crippen LogP) is 3.58. The van der Waals surface area contributed by atoms with Crippen molar-refractivity contribution in [2.75, 3.05) is 0 Å². The molecule has 5 nitrogen and oxygen atoms in total. The highest BCUT2D eigenvalue weighted by molar-refractivity contribution is 6.48. The number of nitrogens with two attached hydrogens (primary N) is 1. The molecule has 3 rings (SSSR count). The molecule has 1 amide bonds. The standard InChI is InChI=1S/C16H14Cl2F2N4O/c17-16(18,9-24-13-4-2-1-3-12(13)22-23-24)8-15(14(21)25)6-10(19)5-11(20)7-15/h1-6H,7-9H2,(H2,21,25). The van der Waals surface area contributed by atoms with Crippen molar-refractivity contribution in [1.82, 2.24) is 15.0 Å². The van der Waals surface area contributed by atoms with Gasteiger partial charge in [-0.1, -0.05) is 40.5 Å². The summed E-state index contributed by atoms with van der Waals surface area (Å²) >= 11 is 12.7. The smallest absolute Gasteiger partial charge is 0.228 e. The van der Waals surface area contributed by atoms with Crippen LogP contribution in [-0.2, 0) is 11.3 Å². The number of carbonyl (C=O) groups is 1. The summed E-state index contributed by atoms with van der Waals surface area (Å²) in [7, 11) is 0. The van der Waals surface area contributed by atoms with Crippen LogP contribution >= 0.6 is 23.2 Å². The van der Waals surface area contributed by atoms with Gasteiger partial charge in [0, 0.05) is 18.9 Å². The molecule has 2 aromatic rings. The Bertz CT molecular complexity index is 893. The van der Waals surface area contributed by atoms with Crippen LogP contribution in [0.2, 0.25) is 0 Å². The van der Waals surface area contributed by atoms with E-state index in [0.717, 1.165) is 6.08 Å². The Balaban J connectivity index is 1.89. The molecule has 132 valence electrons. The molecule has 0 saturated heterocycles. The van der Waals surface area contributed by atoms with Gasteiger partial charge in [0.25, 0.3) is 0 Å². The van der Waals surface area contributed by atoms with E-state index in [-0.39, 0.29) is 13.0 Å². The summed E-state index contributed by atoms with van der Waals surface area (Å²) in [6.07, 6.45) is 1.00. The van der Waals surface area contributed by atoms with Crippen LogP contribution in [0.5, 0.6) is 0 Å².